The van der Waals surface area contributed by atoms with Crippen molar-refractivity contribution < 1.29 is 9.47 Å². The highest BCUT2D eigenvalue weighted by Crippen LogP contribution is 2.41. The summed E-state index contributed by atoms with van der Waals surface area (Å²) in [6, 6.07) is 5.42. The highest BCUT2D eigenvalue weighted by Gasteiger charge is 2.18. The lowest BCUT2D eigenvalue weighted by Crippen LogP contribution is -1.99. The lowest BCUT2D eigenvalue weighted by molar-refractivity contribution is 0.397. The Morgan fingerprint density at radius 2 is 1.72 bits per heavy atom. The molecule has 0 amide bonds. The molecule has 0 bridgehead atoms. The van der Waals surface area contributed by atoms with Crippen LogP contribution in [-0.4, -0.2) is 24.2 Å². The van der Waals surface area contributed by atoms with Gasteiger partial charge in [-0.05, 0) is 12.1 Å². The normalized spacial score (nSPS) is 10.2. The molecule has 2 rings (SSSR count). The minimum absolute atomic E-state index is 0.217. The van der Waals surface area contributed by atoms with E-state index in [9.17, 15) is 0 Å². The lowest BCUT2D eigenvalue weighted by Gasteiger charge is -2.13. The molecule has 0 spiro atoms. The standard InChI is InChI=1S/C12H12ClN3O2/c1-17-7-4-3-5-8(18-2)9(7)11-10(13)12(14)16-6-15-11/h3-6H,1-2H3,(H2,14,15,16). The third kappa shape index (κ3) is 2.04. The second-order valence-corrected chi connectivity index (χ2v) is 3.84. The molecule has 0 saturated heterocycles. The molecule has 0 unspecified atom stereocenters. The fourth-order valence-electron chi connectivity index (χ4n) is 1.64. The van der Waals surface area contributed by atoms with Crippen molar-refractivity contribution in [2.24, 2.45) is 0 Å². The van der Waals surface area contributed by atoms with Gasteiger partial charge >= 0.3 is 0 Å². The first-order chi connectivity index (χ1) is 8.69. The minimum atomic E-state index is 0.217. The molecule has 2 N–H and O–H groups in total. The monoisotopic (exact) mass is 265 g/mol. The Balaban J connectivity index is 2.73. The first-order valence-corrected chi connectivity index (χ1v) is 5.54. The minimum Gasteiger partial charge on any atom is -0.496 e. The number of hydrogen-bond donors (Lipinski definition) is 1. The van der Waals surface area contributed by atoms with E-state index < -0.39 is 0 Å². The summed E-state index contributed by atoms with van der Waals surface area (Å²) in [6.45, 7) is 0. The molecule has 0 fully saturated rings. The van der Waals surface area contributed by atoms with Crippen LogP contribution in [0.5, 0.6) is 11.5 Å². The molecule has 0 aliphatic carbocycles. The number of nitrogen functional groups attached to an aromatic ring is 1. The van der Waals surface area contributed by atoms with Crippen molar-refractivity contribution in [3.05, 3.63) is 29.5 Å². The van der Waals surface area contributed by atoms with Gasteiger partial charge in [0.15, 0.2) is 0 Å². The predicted molar refractivity (Wildman–Crippen MR) is 70.0 cm³/mol. The first-order valence-electron chi connectivity index (χ1n) is 5.16. The summed E-state index contributed by atoms with van der Waals surface area (Å²) < 4.78 is 10.6. The molecule has 0 aliphatic rings. The summed E-state index contributed by atoms with van der Waals surface area (Å²) in [7, 11) is 3.13. The van der Waals surface area contributed by atoms with Gasteiger partial charge in [-0.2, -0.15) is 0 Å². The Kier molecular flexibility index (Phi) is 3.53. The van der Waals surface area contributed by atoms with Gasteiger partial charge in [-0.15, -0.1) is 0 Å². The highest BCUT2D eigenvalue weighted by molar-refractivity contribution is 6.35. The predicted octanol–water partition coefficient (Wildman–Crippen LogP) is 2.40. The van der Waals surface area contributed by atoms with E-state index in [0.29, 0.717) is 22.8 Å². The van der Waals surface area contributed by atoms with Crippen LogP contribution in [0, 0.1) is 0 Å². The molecule has 0 radical (unpaired) electrons. The van der Waals surface area contributed by atoms with Gasteiger partial charge in [0.2, 0.25) is 0 Å². The molecule has 1 aromatic heterocycles. The molecule has 2 aromatic rings. The molecule has 6 heteroatoms. The van der Waals surface area contributed by atoms with Crippen molar-refractivity contribution in [2.45, 2.75) is 0 Å². The number of nitrogens with zero attached hydrogens (tertiary/aromatic N) is 2. The zero-order chi connectivity index (χ0) is 13.1. The van der Waals surface area contributed by atoms with Crippen molar-refractivity contribution in [1.82, 2.24) is 9.97 Å². The first kappa shape index (κ1) is 12.4. The number of ether oxygens (including phenoxy) is 2. The van der Waals surface area contributed by atoms with Crippen molar-refractivity contribution in [1.29, 1.82) is 0 Å². The highest BCUT2D eigenvalue weighted by atomic mass is 35.5. The fourth-order valence-corrected chi connectivity index (χ4v) is 1.83. The van der Waals surface area contributed by atoms with Gasteiger partial charge in [0, 0.05) is 0 Å². The quantitative estimate of drug-likeness (QED) is 0.923. The Bertz CT molecular complexity index is 553. The molecule has 1 aromatic carbocycles. The number of rotatable bonds is 3. The number of benzene rings is 1. The van der Waals surface area contributed by atoms with Gasteiger partial charge in [-0.1, -0.05) is 17.7 Å². The smallest absolute Gasteiger partial charge is 0.146 e. The lowest BCUT2D eigenvalue weighted by atomic mass is 10.1. The molecule has 0 atom stereocenters. The average molecular weight is 266 g/mol. The van der Waals surface area contributed by atoms with Crippen LogP contribution in [0.2, 0.25) is 5.02 Å². The maximum absolute atomic E-state index is 6.12. The van der Waals surface area contributed by atoms with Crippen molar-refractivity contribution in [3.63, 3.8) is 0 Å². The third-order valence-electron chi connectivity index (χ3n) is 2.48. The number of methoxy groups -OCH3 is 2. The van der Waals surface area contributed by atoms with Crippen LogP contribution in [0.3, 0.4) is 0 Å². The van der Waals surface area contributed by atoms with E-state index in [1.54, 1.807) is 26.4 Å². The van der Waals surface area contributed by atoms with Gasteiger partial charge in [0.1, 0.15) is 34.4 Å². The van der Waals surface area contributed by atoms with Gasteiger partial charge in [0.05, 0.1) is 19.8 Å². The maximum atomic E-state index is 6.12. The second kappa shape index (κ2) is 5.10. The maximum Gasteiger partial charge on any atom is 0.146 e. The topological polar surface area (TPSA) is 70.3 Å². The van der Waals surface area contributed by atoms with Gasteiger partial charge in [-0.3, -0.25) is 0 Å². The molecule has 1 heterocycles. The summed E-state index contributed by atoms with van der Waals surface area (Å²) in [4.78, 5) is 7.97. The fraction of sp³-hybridized carbons (Fsp3) is 0.167. The molecule has 5 nitrogen and oxygen atoms in total. The van der Waals surface area contributed by atoms with Crippen molar-refractivity contribution in [3.8, 4) is 22.8 Å². The van der Waals surface area contributed by atoms with Crippen LogP contribution in [0.25, 0.3) is 11.3 Å². The van der Waals surface area contributed by atoms with Crippen molar-refractivity contribution in [2.75, 3.05) is 20.0 Å². The van der Waals surface area contributed by atoms with E-state index in [-0.39, 0.29) is 10.8 Å². The summed E-state index contributed by atoms with van der Waals surface area (Å²) in [5.41, 5.74) is 6.82. The zero-order valence-electron chi connectivity index (χ0n) is 9.98. The Morgan fingerprint density at radius 3 is 2.28 bits per heavy atom. The number of hydrogen-bond acceptors (Lipinski definition) is 5. The number of anilines is 1. The number of aromatic nitrogens is 2. The molecule has 0 saturated carbocycles. The summed E-state index contributed by atoms with van der Waals surface area (Å²) in [6.07, 6.45) is 1.35. The SMILES string of the molecule is COc1cccc(OC)c1-c1ncnc(N)c1Cl. The Labute approximate surface area is 110 Å². The van der Waals surface area contributed by atoms with E-state index in [1.165, 1.54) is 6.33 Å². The van der Waals surface area contributed by atoms with Crippen LogP contribution in [0.15, 0.2) is 24.5 Å². The van der Waals surface area contributed by atoms with E-state index in [0.717, 1.165) is 0 Å². The van der Waals surface area contributed by atoms with Crippen LogP contribution < -0.4 is 15.2 Å². The van der Waals surface area contributed by atoms with Crippen LogP contribution in [0.4, 0.5) is 5.82 Å². The molecule has 94 valence electrons. The van der Waals surface area contributed by atoms with Crippen LogP contribution in [0.1, 0.15) is 0 Å². The largest absolute Gasteiger partial charge is 0.496 e. The van der Waals surface area contributed by atoms with E-state index in [1.807, 2.05) is 6.07 Å². The van der Waals surface area contributed by atoms with Gasteiger partial charge in [-0.25, -0.2) is 9.97 Å². The number of nitrogens with two attached hydrogens (primary N) is 1. The molecule has 18 heavy (non-hydrogen) atoms. The molecular weight excluding hydrogens is 254 g/mol. The van der Waals surface area contributed by atoms with E-state index in [4.69, 9.17) is 26.8 Å². The molecular formula is C12H12ClN3O2. The van der Waals surface area contributed by atoms with Gasteiger partial charge in [0.25, 0.3) is 0 Å². The summed E-state index contributed by atoms with van der Waals surface area (Å²) in [5, 5.41) is 0.278. The number of halogens is 1. The van der Waals surface area contributed by atoms with Crippen LogP contribution >= 0.6 is 11.6 Å². The second-order valence-electron chi connectivity index (χ2n) is 3.46. The van der Waals surface area contributed by atoms with E-state index >= 15 is 0 Å². The molecule has 0 aliphatic heterocycles. The Hall–Kier alpha value is -2.01. The third-order valence-corrected chi connectivity index (χ3v) is 2.85. The Morgan fingerprint density at radius 1 is 1.11 bits per heavy atom. The van der Waals surface area contributed by atoms with Gasteiger partial charge < -0.3 is 15.2 Å². The summed E-state index contributed by atoms with van der Waals surface area (Å²) in [5.74, 6) is 1.43. The van der Waals surface area contributed by atoms with Crippen molar-refractivity contribution >= 4 is 17.4 Å². The summed E-state index contributed by atoms with van der Waals surface area (Å²) >= 11 is 6.12. The zero-order valence-corrected chi connectivity index (χ0v) is 10.7. The van der Waals surface area contributed by atoms with Crippen LogP contribution in [-0.2, 0) is 0 Å². The van der Waals surface area contributed by atoms with E-state index in [2.05, 4.69) is 9.97 Å². The average Bonchev–Trinajstić information content (AvgIpc) is 2.41.